The van der Waals surface area contributed by atoms with Crippen LogP contribution in [0.3, 0.4) is 0 Å². The van der Waals surface area contributed by atoms with Gasteiger partial charge in [0.1, 0.15) is 5.75 Å². The third-order valence-electron chi connectivity index (χ3n) is 7.75. The first kappa shape index (κ1) is 22.0. The first-order valence-electron chi connectivity index (χ1n) is 12.2. The number of imide groups is 1. The number of esters is 1. The fourth-order valence-electron chi connectivity index (χ4n) is 6.13. The molecule has 4 aromatic rings. The predicted molar refractivity (Wildman–Crippen MR) is 141 cm³/mol. The smallest absolute Gasteiger partial charge is 0.319 e. The Morgan fingerprint density at radius 3 is 2.22 bits per heavy atom. The van der Waals surface area contributed by atoms with Crippen LogP contribution >= 0.6 is 11.6 Å². The lowest BCUT2D eigenvalue weighted by Gasteiger charge is -2.38. The van der Waals surface area contributed by atoms with Crippen molar-refractivity contribution in [2.75, 3.05) is 4.90 Å². The van der Waals surface area contributed by atoms with Crippen molar-refractivity contribution in [3.05, 3.63) is 113 Å². The van der Waals surface area contributed by atoms with E-state index in [1.54, 1.807) is 24.3 Å². The van der Waals surface area contributed by atoms with Crippen molar-refractivity contribution in [2.45, 2.75) is 5.92 Å². The lowest BCUT2D eigenvalue weighted by atomic mass is 9.64. The molecule has 4 atom stereocenters. The van der Waals surface area contributed by atoms with Crippen LogP contribution in [-0.2, 0) is 14.4 Å². The zero-order valence-corrected chi connectivity index (χ0v) is 20.3. The number of nitrogens with zero attached hydrogens (tertiary/aromatic N) is 1. The van der Waals surface area contributed by atoms with E-state index in [1.807, 2.05) is 72.8 Å². The fourth-order valence-corrected chi connectivity index (χ4v) is 6.26. The van der Waals surface area contributed by atoms with Gasteiger partial charge in [0, 0.05) is 21.9 Å². The lowest BCUT2D eigenvalue weighted by Crippen LogP contribution is -2.42. The van der Waals surface area contributed by atoms with Crippen molar-refractivity contribution >= 4 is 51.4 Å². The first-order chi connectivity index (χ1) is 18.0. The molecule has 1 saturated heterocycles. The molecule has 1 fully saturated rings. The summed E-state index contributed by atoms with van der Waals surface area (Å²) in [6.07, 6.45) is 2.01. The second kappa shape index (κ2) is 8.15. The number of amides is 2. The molecule has 0 radical (unpaired) electrons. The quantitative estimate of drug-likeness (QED) is 0.190. The van der Waals surface area contributed by atoms with Crippen molar-refractivity contribution in [1.82, 2.24) is 0 Å². The SMILES string of the molecule is O=C1Oc2c(ccc3ccccc23)C2=C[C@H](c3ccccc3)[C@@H]3C(=O)N(c4ccc(Cl)cc4)C(=O)[C@@H]3[C@H]12. The van der Waals surface area contributed by atoms with Gasteiger partial charge in [-0.2, -0.15) is 0 Å². The number of carbonyl (C=O) groups is 3. The van der Waals surface area contributed by atoms with Crippen LogP contribution in [0.4, 0.5) is 5.69 Å². The Hall–Kier alpha value is -4.22. The first-order valence-corrected chi connectivity index (χ1v) is 12.5. The molecule has 0 bridgehead atoms. The van der Waals surface area contributed by atoms with Crippen LogP contribution < -0.4 is 9.64 Å². The number of hydrogen-bond acceptors (Lipinski definition) is 4. The number of allylic oxidation sites excluding steroid dienone is 1. The Morgan fingerprint density at radius 1 is 0.730 bits per heavy atom. The van der Waals surface area contributed by atoms with E-state index in [9.17, 15) is 14.4 Å². The molecule has 0 aromatic heterocycles. The summed E-state index contributed by atoms with van der Waals surface area (Å²) in [6.45, 7) is 0. The van der Waals surface area contributed by atoms with E-state index in [-0.39, 0.29) is 11.8 Å². The van der Waals surface area contributed by atoms with E-state index in [0.717, 1.165) is 27.5 Å². The summed E-state index contributed by atoms with van der Waals surface area (Å²) in [4.78, 5) is 42.7. The molecule has 6 heteroatoms. The fraction of sp³-hybridized carbons (Fsp3) is 0.129. The highest BCUT2D eigenvalue weighted by Gasteiger charge is 2.60. The number of hydrogen-bond donors (Lipinski definition) is 0. The van der Waals surface area contributed by atoms with Crippen LogP contribution in [0.2, 0.25) is 5.02 Å². The van der Waals surface area contributed by atoms with E-state index >= 15 is 0 Å². The van der Waals surface area contributed by atoms with Crippen LogP contribution in [0.25, 0.3) is 16.3 Å². The van der Waals surface area contributed by atoms with Gasteiger partial charge in [-0.25, -0.2) is 4.90 Å². The minimum Gasteiger partial charge on any atom is -0.425 e. The molecule has 0 saturated carbocycles. The summed E-state index contributed by atoms with van der Waals surface area (Å²) >= 11 is 6.06. The molecule has 180 valence electrons. The Balaban J connectivity index is 1.44. The summed E-state index contributed by atoms with van der Waals surface area (Å²) in [5.74, 6) is -3.57. The molecule has 37 heavy (non-hydrogen) atoms. The van der Waals surface area contributed by atoms with E-state index < -0.39 is 29.6 Å². The van der Waals surface area contributed by atoms with Crippen LogP contribution in [0, 0.1) is 17.8 Å². The topological polar surface area (TPSA) is 63.7 Å². The number of benzene rings is 4. The van der Waals surface area contributed by atoms with E-state index in [1.165, 1.54) is 4.90 Å². The minimum absolute atomic E-state index is 0.321. The van der Waals surface area contributed by atoms with Crippen molar-refractivity contribution in [3.8, 4) is 5.75 Å². The Morgan fingerprint density at radius 2 is 1.43 bits per heavy atom. The van der Waals surface area contributed by atoms with Crippen LogP contribution in [0.5, 0.6) is 5.75 Å². The molecule has 2 amide bonds. The standard InChI is InChI=1S/C31H20ClNO4/c32-19-11-13-20(14-12-19)33-29(34)25-23(17-6-2-1-3-7-17)16-24-22-15-10-18-8-4-5-9-21(18)28(22)37-31(36)26(24)27(25)30(33)35/h1-16,23,25-27H/t23-,25+,26-,27+/m1/s1. The maximum Gasteiger partial charge on any atom is 0.319 e. The largest absolute Gasteiger partial charge is 0.425 e. The maximum absolute atomic E-state index is 14.0. The minimum atomic E-state index is -0.875. The van der Waals surface area contributed by atoms with Gasteiger partial charge in [-0.05, 0) is 40.8 Å². The van der Waals surface area contributed by atoms with Crippen molar-refractivity contribution in [2.24, 2.45) is 17.8 Å². The van der Waals surface area contributed by atoms with Gasteiger partial charge in [0.25, 0.3) is 0 Å². The van der Waals surface area contributed by atoms with Gasteiger partial charge in [-0.1, -0.05) is 84.4 Å². The number of rotatable bonds is 2. The van der Waals surface area contributed by atoms with Crippen LogP contribution in [-0.4, -0.2) is 17.8 Å². The van der Waals surface area contributed by atoms with Gasteiger partial charge in [0.05, 0.1) is 23.4 Å². The van der Waals surface area contributed by atoms with Crippen molar-refractivity contribution < 1.29 is 19.1 Å². The van der Waals surface area contributed by atoms with Gasteiger partial charge >= 0.3 is 5.97 Å². The molecule has 7 rings (SSSR count). The molecule has 3 aliphatic rings. The molecule has 2 aliphatic heterocycles. The van der Waals surface area contributed by atoms with E-state index in [0.29, 0.717) is 16.5 Å². The number of anilines is 1. The van der Waals surface area contributed by atoms with Gasteiger partial charge in [-0.3, -0.25) is 14.4 Å². The second-order valence-electron chi connectivity index (χ2n) is 9.66. The predicted octanol–water partition coefficient (Wildman–Crippen LogP) is 6.02. The Kier molecular flexibility index (Phi) is 4.85. The maximum atomic E-state index is 14.0. The zero-order valence-electron chi connectivity index (χ0n) is 19.5. The third-order valence-corrected chi connectivity index (χ3v) is 8.01. The second-order valence-corrected chi connectivity index (χ2v) is 10.1. The van der Waals surface area contributed by atoms with E-state index in [4.69, 9.17) is 16.3 Å². The molecule has 5 nitrogen and oxygen atoms in total. The summed E-state index contributed by atoms with van der Waals surface area (Å²) < 4.78 is 5.92. The van der Waals surface area contributed by atoms with E-state index in [2.05, 4.69) is 0 Å². The molecular weight excluding hydrogens is 486 g/mol. The average Bonchev–Trinajstić information content (AvgIpc) is 3.19. The average molecular weight is 506 g/mol. The third kappa shape index (κ3) is 3.20. The molecule has 4 aromatic carbocycles. The molecule has 0 N–H and O–H groups in total. The highest BCUT2D eigenvalue weighted by atomic mass is 35.5. The van der Waals surface area contributed by atoms with Crippen molar-refractivity contribution in [1.29, 1.82) is 0 Å². The summed E-state index contributed by atoms with van der Waals surface area (Å²) in [5.41, 5.74) is 2.89. The van der Waals surface area contributed by atoms with Gasteiger partial charge in [-0.15, -0.1) is 0 Å². The summed E-state index contributed by atoms with van der Waals surface area (Å²) in [5, 5.41) is 2.30. The van der Waals surface area contributed by atoms with Crippen LogP contribution in [0.1, 0.15) is 17.0 Å². The highest BCUT2D eigenvalue weighted by molar-refractivity contribution is 6.31. The molecular formula is C31H20ClNO4. The van der Waals surface area contributed by atoms with Gasteiger partial charge in [0.2, 0.25) is 11.8 Å². The molecule has 0 spiro atoms. The Labute approximate surface area is 217 Å². The summed E-state index contributed by atoms with van der Waals surface area (Å²) in [6, 6.07) is 28.0. The zero-order chi connectivity index (χ0) is 25.3. The number of carbonyl (C=O) groups excluding carboxylic acids is 3. The van der Waals surface area contributed by atoms with Gasteiger partial charge < -0.3 is 4.74 Å². The lowest BCUT2D eigenvalue weighted by molar-refractivity contribution is -0.142. The number of ether oxygens (including phenoxy) is 1. The summed E-state index contributed by atoms with van der Waals surface area (Å²) in [7, 11) is 0. The van der Waals surface area contributed by atoms with Gasteiger partial charge in [0.15, 0.2) is 0 Å². The number of fused-ring (bicyclic) bond motifs is 7. The molecule has 2 heterocycles. The van der Waals surface area contributed by atoms with Crippen molar-refractivity contribution in [3.63, 3.8) is 0 Å². The Bertz CT molecular complexity index is 1640. The monoisotopic (exact) mass is 505 g/mol. The normalized spacial score (nSPS) is 24.3. The highest BCUT2D eigenvalue weighted by Crippen LogP contribution is 2.55. The number of halogens is 1. The molecule has 1 aliphatic carbocycles. The van der Waals surface area contributed by atoms with Crippen LogP contribution in [0.15, 0.2) is 97.1 Å². The molecule has 0 unspecified atom stereocenters.